The Morgan fingerprint density at radius 3 is 2.75 bits per heavy atom. The van der Waals surface area contributed by atoms with Crippen LogP contribution < -0.4 is 0 Å². The topological polar surface area (TPSA) is 20.2 Å². The van der Waals surface area contributed by atoms with Gasteiger partial charge < -0.3 is 5.11 Å². The molecule has 0 heterocycles. The number of aliphatic hydroxyl groups is 1. The van der Waals surface area contributed by atoms with Gasteiger partial charge in [-0.3, -0.25) is 0 Å². The van der Waals surface area contributed by atoms with E-state index in [-0.39, 0.29) is 0 Å². The molecule has 1 rings (SSSR count). The first kappa shape index (κ1) is 13.5. The molecule has 1 N–H and O–H groups in total. The first-order chi connectivity index (χ1) is 7.35. The van der Waals surface area contributed by atoms with Crippen LogP contribution in [-0.4, -0.2) is 10.7 Å². The van der Waals surface area contributed by atoms with Crippen LogP contribution in [0, 0.1) is 17.8 Å². The second-order valence-corrected chi connectivity index (χ2v) is 5.89. The zero-order chi connectivity index (χ0) is 12.3. The molecule has 3 atom stereocenters. The monoisotopic (exact) mass is 222 g/mol. The lowest BCUT2D eigenvalue weighted by Crippen LogP contribution is -2.31. The summed E-state index contributed by atoms with van der Waals surface area (Å²) in [5.41, 5.74) is 0.744. The lowest BCUT2D eigenvalue weighted by atomic mass is 9.71. The Labute approximate surface area is 100 Å². The predicted molar refractivity (Wildman–Crippen MR) is 70.2 cm³/mol. The van der Waals surface area contributed by atoms with E-state index in [2.05, 4.69) is 33.4 Å². The zero-order valence-electron chi connectivity index (χ0n) is 11.2. The molecule has 0 saturated heterocycles. The average molecular weight is 222 g/mol. The van der Waals surface area contributed by atoms with Crippen molar-refractivity contribution in [3.05, 3.63) is 24.3 Å². The van der Waals surface area contributed by atoms with Gasteiger partial charge in [0.1, 0.15) is 0 Å². The third-order valence-corrected chi connectivity index (χ3v) is 3.87. The summed E-state index contributed by atoms with van der Waals surface area (Å²) in [7, 11) is 0. The Bertz CT molecular complexity index is 273. The van der Waals surface area contributed by atoms with Crippen LogP contribution in [0.4, 0.5) is 0 Å². The average Bonchev–Trinajstić information content (AvgIpc) is 2.16. The molecule has 0 bridgehead atoms. The Morgan fingerprint density at radius 1 is 1.62 bits per heavy atom. The maximum atomic E-state index is 10.1. The van der Waals surface area contributed by atoms with Crippen molar-refractivity contribution < 1.29 is 5.11 Å². The second kappa shape index (κ2) is 5.18. The predicted octanol–water partition coefficient (Wildman–Crippen LogP) is 3.94. The van der Waals surface area contributed by atoms with Crippen molar-refractivity contribution in [2.45, 2.75) is 52.6 Å². The van der Waals surface area contributed by atoms with E-state index in [1.54, 1.807) is 6.08 Å². The van der Waals surface area contributed by atoms with Crippen LogP contribution in [0.15, 0.2) is 24.3 Å². The molecule has 0 spiro atoms. The van der Waals surface area contributed by atoms with E-state index >= 15 is 0 Å². The Kier molecular flexibility index (Phi) is 4.37. The second-order valence-electron chi connectivity index (χ2n) is 5.89. The third-order valence-electron chi connectivity index (χ3n) is 3.87. The van der Waals surface area contributed by atoms with E-state index in [0.29, 0.717) is 17.8 Å². The summed E-state index contributed by atoms with van der Waals surface area (Å²) in [5, 5.41) is 10.1. The highest BCUT2D eigenvalue weighted by Crippen LogP contribution is 2.38. The van der Waals surface area contributed by atoms with Gasteiger partial charge in [0.25, 0.3) is 0 Å². The van der Waals surface area contributed by atoms with Crippen molar-refractivity contribution in [3.8, 4) is 0 Å². The van der Waals surface area contributed by atoms with Gasteiger partial charge in [0.2, 0.25) is 0 Å². The molecular formula is C15H26O. The van der Waals surface area contributed by atoms with Gasteiger partial charge >= 0.3 is 0 Å². The van der Waals surface area contributed by atoms with Gasteiger partial charge in [0, 0.05) is 0 Å². The number of rotatable bonds is 4. The fraction of sp³-hybridized carbons (Fsp3) is 0.733. The van der Waals surface area contributed by atoms with E-state index in [9.17, 15) is 5.11 Å². The Hall–Kier alpha value is -0.560. The maximum Gasteiger partial charge on any atom is 0.0802 e. The Balaban J connectivity index is 2.79. The number of hydrogen-bond acceptors (Lipinski definition) is 1. The van der Waals surface area contributed by atoms with E-state index in [0.717, 1.165) is 6.42 Å². The molecule has 0 aromatic rings. The van der Waals surface area contributed by atoms with Crippen molar-refractivity contribution in [1.82, 2.24) is 0 Å². The van der Waals surface area contributed by atoms with Gasteiger partial charge in [-0.1, -0.05) is 31.6 Å². The summed E-state index contributed by atoms with van der Waals surface area (Å²) in [4.78, 5) is 0. The summed E-state index contributed by atoms with van der Waals surface area (Å²) < 4.78 is 0. The van der Waals surface area contributed by atoms with Crippen LogP contribution in [0.25, 0.3) is 0 Å². The minimum atomic E-state index is -0.730. The lowest BCUT2D eigenvalue weighted by molar-refractivity contribution is 0.0697. The molecule has 92 valence electrons. The first-order valence-electron chi connectivity index (χ1n) is 6.39. The van der Waals surface area contributed by atoms with Crippen LogP contribution in [0.2, 0.25) is 0 Å². The summed E-state index contributed by atoms with van der Waals surface area (Å²) in [6.45, 7) is 12.3. The molecule has 0 radical (unpaired) electrons. The minimum absolute atomic E-state index is 0.502. The summed E-state index contributed by atoms with van der Waals surface area (Å²) in [6.07, 6.45) is 7.32. The summed E-state index contributed by atoms with van der Waals surface area (Å²) in [6, 6.07) is 0. The van der Waals surface area contributed by atoms with Crippen molar-refractivity contribution in [1.29, 1.82) is 0 Å². The largest absolute Gasteiger partial charge is 0.386 e. The standard InChI is InChI=1S/C15H26O/c1-6-15(5,16)10-13-9-12(4)7-8-14(13)11(2)3/h6,9,11,13-14,16H,1,7-8,10H2,2-5H3/t13?,14-,15+/m0/s1. The summed E-state index contributed by atoms with van der Waals surface area (Å²) in [5.74, 6) is 1.90. The molecule has 16 heavy (non-hydrogen) atoms. The molecule has 1 nitrogen and oxygen atoms in total. The molecule has 0 aliphatic heterocycles. The normalized spacial score (nSPS) is 29.8. The fourth-order valence-corrected chi connectivity index (χ4v) is 2.78. The molecule has 0 fully saturated rings. The number of hydrogen-bond donors (Lipinski definition) is 1. The highest BCUT2D eigenvalue weighted by atomic mass is 16.3. The smallest absolute Gasteiger partial charge is 0.0802 e. The fourth-order valence-electron chi connectivity index (χ4n) is 2.78. The van der Waals surface area contributed by atoms with E-state index < -0.39 is 5.60 Å². The SMILES string of the molecule is C=C[C@@](C)(O)CC1C=C(C)CC[C@H]1C(C)C. The van der Waals surface area contributed by atoms with Crippen molar-refractivity contribution in [3.63, 3.8) is 0 Å². The third kappa shape index (κ3) is 3.48. The summed E-state index contributed by atoms with van der Waals surface area (Å²) >= 11 is 0. The molecule has 0 saturated carbocycles. The van der Waals surface area contributed by atoms with Crippen molar-refractivity contribution >= 4 is 0 Å². The first-order valence-corrected chi connectivity index (χ1v) is 6.39. The Morgan fingerprint density at radius 2 is 2.25 bits per heavy atom. The van der Waals surface area contributed by atoms with Crippen LogP contribution in [0.3, 0.4) is 0 Å². The number of allylic oxidation sites excluding steroid dienone is 2. The molecule has 0 aromatic heterocycles. The lowest BCUT2D eigenvalue weighted by Gasteiger charge is -2.36. The van der Waals surface area contributed by atoms with Crippen LogP contribution in [-0.2, 0) is 0 Å². The van der Waals surface area contributed by atoms with Crippen LogP contribution >= 0.6 is 0 Å². The highest BCUT2D eigenvalue weighted by molar-refractivity contribution is 5.10. The zero-order valence-corrected chi connectivity index (χ0v) is 11.2. The maximum absolute atomic E-state index is 10.1. The van der Waals surface area contributed by atoms with E-state index in [1.807, 2.05) is 6.92 Å². The van der Waals surface area contributed by atoms with Gasteiger partial charge in [0.15, 0.2) is 0 Å². The molecule has 1 heteroatoms. The molecule has 1 aliphatic carbocycles. The van der Waals surface area contributed by atoms with Gasteiger partial charge in [-0.15, -0.1) is 6.58 Å². The quantitative estimate of drug-likeness (QED) is 0.714. The molecule has 0 aromatic carbocycles. The highest BCUT2D eigenvalue weighted by Gasteiger charge is 2.30. The van der Waals surface area contributed by atoms with Crippen LogP contribution in [0.5, 0.6) is 0 Å². The minimum Gasteiger partial charge on any atom is -0.386 e. The van der Waals surface area contributed by atoms with E-state index in [4.69, 9.17) is 0 Å². The van der Waals surface area contributed by atoms with Gasteiger partial charge in [-0.05, 0) is 50.9 Å². The van der Waals surface area contributed by atoms with Crippen molar-refractivity contribution in [2.75, 3.05) is 0 Å². The molecule has 0 amide bonds. The molecule has 1 aliphatic rings. The van der Waals surface area contributed by atoms with Crippen molar-refractivity contribution in [2.24, 2.45) is 17.8 Å². The van der Waals surface area contributed by atoms with Crippen LogP contribution in [0.1, 0.15) is 47.0 Å². The van der Waals surface area contributed by atoms with Gasteiger partial charge in [-0.2, -0.15) is 0 Å². The van der Waals surface area contributed by atoms with E-state index in [1.165, 1.54) is 18.4 Å². The molecule has 1 unspecified atom stereocenters. The van der Waals surface area contributed by atoms with Gasteiger partial charge in [-0.25, -0.2) is 0 Å². The van der Waals surface area contributed by atoms with Gasteiger partial charge in [0.05, 0.1) is 5.60 Å². The molecular weight excluding hydrogens is 196 g/mol.